The van der Waals surface area contributed by atoms with Crippen molar-refractivity contribution < 1.29 is 9.84 Å². The lowest BCUT2D eigenvalue weighted by atomic mass is 10.0. The van der Waals surface area contributed by atoms with E-state index >= 15 is 0 Å². The molecule has 1 atom stereocenters. The summed E-state index contributed by atoms with van der Waals surface area (Å²) in [5.41, 5.74) is 3.56. The molecule has 8 heteroatoms. The second-order valence-electron chi connectivity index (χ2n) is 8.89. The smallest absolute Gasteiger partial charge is 0.326 e. The fraction of sp³-hybridized carbons (Fsp3) is 0.385. The zero-order chi connectivity index (χ0) is 23.5. The van der Waals surface area contributed by atoms with Crippen LogP contribution in [0.4, 0.5) is 0 Å². The van der Waals surface area contributed by atoms with Crippen molar-refractivity contribution >= 4 is 21.9 Å². The van der Waals surface area contributed by atoms with Crippen molar-refractivity contribution in [3.63, 3.8) is 0 Å². The van der Waals surface area contributed by atoms with Gasteiger partial charge in [0.25, 0.3) is 0 Å². The number of piperazine rings is 1. The molecule has 2 N–H and O–H groups in total. The minimum absolute atomic E-state index is 0.0405. The van der Waals surface area contributed by atoms with Gasteiger partial charge in [-0.05, 0) is 54.9 Å². The molecule has 0 radical (unpaired) electrons. The van der Waals surface area contributed by atoms with Crippen molar-refractivity contribution in [2.24, 2.45) is 0 Å². The van der Waals surface area contributed by atoms with Crippen molar-refractivity contribution in [1.82, 2.24) is 24.3 Å². The highest BCUT2D eigenvalue weighted by Crippen LogP contribution is 2.27. The predicted octanol–water partition coefficient (Wildman–Crippen LogP) is 2.63. The van der Waals surface area contributed by atoms with Crippen LogP contribution in [0.25, 0.3) is 21.9 Å². The topological polar surface area (TPSA) is 86.6 Å². The van der Waals surface area contributed by atoms with Gasteiger partial charge < -0.3 is 19.7 Å². The second kappa shape index (κ2) is 9.97. The standard InChI is InChI=1S/C26H31N5O3/c1-34-19-7-8-22-21(17-19)20(9-10-27-22)25(32)18-30-15-13-29(14-16-30)11-4-12-31-24-6-3-2-5-23(24)28-26(31)33/h2-3,5-10,17,25,32H,4,11-16,18H2,1H3,(H,28,33)/t25-/m0/s1. The molecule has 34 heavy (non-hydrogen) atoms. The fourth-order valence-electron chi connectivity index (χ4n) is 4.88. The Bertz CT molecular complexity index is 1320. The molecule has 8 nitrogen and oxygen atoms in total. The van der Waals surface area contributed by atoms with Gasteiger partial charge in [-0.2, -0.15) is 0 Å². The molecule has 5 rings (SSSR count). The molecule has 0 aliphatic carbocycles. The van der Waals surface area contributed by atoms with Crippen LogP contribution in [0.5, 0.6) is 5.75 Å². The summed E-state index contributed by atoms with van der Waals surface area (Å²) in [6, 6.07) is 15.5. The quantitative estimate of drug-likeness (QED) is 0.420. The van der Waals surface area contributed by atoms with Gasteiger partial charge in [0.1, 0.15) is 5.75 Å². The maximum atomic E-state index is 12.3. The van der Waals surface area contributed by atoms with Gasteiger partial charge in [-0.15, -0.1) is 0 Å². The number of rotatable bonds is 8. The third kappa shape index (κ3) is 4.70. The van der Waals surface area contributed by atoms with Gasteiger partial charge in [0, 0.05) is 50.9 Å². The Hall–Kier alpha value is -3.20. The maximum absolute atomic E-state index is 12.3. The number of H-pyrrole nitrogens is 1. The first-order valence-electron chi connectivity index (χ1n) is 11.9. The molecule has 2 aromatic carbocycles. The molecule has 0 bridgehead atoms. The van der Waals surface area contributed by atoms with E-state index in [0.717, 1.165) is 72.4 Å². The van der Waals surface area contributed by atoms with Crippen LogP contribution in [0, 0.1) is 0 Å². The second-order valence-corrected chi connectivity index (χ2v) is 8.89. The first-order valence-corrected chi connectivity index (χ1v) is 11.9. The summed E-state index contributed by atoms with van der Waals surface area (Å²) in [5, 5.41) is 11.9. The predicted molar refractivity (Wildman–Crippen MR) is 133 cm³/mol. The maximum Gasteiger partial charge on any atom is 0.326 e. The number of imidazole rings is 1. The highest BCUT2D eigenvalue weighted by molar-refractivity contribution is 5.83. The molecule has 1 aliphatic rings. The molecule has 0 spiro atoms. The monoisotopic (exact) mass is 461 g/mol. The zero-order valence-electron chi connectivity index (χ0n) is 19.5. The number of aromatic amines is 1. The summed E-state index contributed by atoms with van der Waals surface area (Å²) in [7, 11) is 1.64. The summed E-state index contributed by atoms with van der Waals surface area (Å²) in [4.78, 5) is 24.3. The molecule has 0 saturated carbocycles. The summed E-state index contributed by atoms with van der Waals surface area (Å²) >= 11 is 0. The Morgan fingerprint density at radius 3 is 2.68 bits per heavy atom. The lowest BCUT2D eigenvalue weighted by Gasteiger charge is -2.35. The molecule has 0 amide bonds. The number of nitrogens with one attached hydrogen (secondary N) is 1. The molecule has 1 fully saturated rings. The summed E-state index contributed by atoms with van der Waals surface area (Å²) in [5.74, 6) is 0.762. The third-order valence-corrected chi connectivity index (χ3v) is 6.78. The van der Waals surface area contributed by atoms with Gasteiger partial charge in [0.15, 0.2) is 0 Å². The number of benzene rings is 2. The van der Waals surface area contributed by atoms with E-state index in [1.165, 1.54) is 0 Å². The molecule has 1 saturated heterocycles. The molecule has 2 aromatic heterocycles. The van der Waals surface area contributed by atoms with Crippen molar-refractivity contribution in [2.75, 3.05) is 46.4 Å². The molecule has 3 heterocycles. The Kier molecular flexibility index (Phi) is 6.62. The Labute approximate surface area is 198 Å². The number of aliphatic hydroxyl groups excluding tert-OH is 1. The number of ether oxygens (including phenoxy) is 1. The van der Waals surface area contributed by atoms with Crippen molar-refractivity contribution in [3.8, 4) is 5.75 Å². The number of nitrogens with zero attached hydrogens (tertiary/aromatic N) is 4. The fourth-order valence-corrected chi connectivity index (χ4v) is 4.88. The van der Waals surface area contributed by atoms with E-state index in [-0.39, 0.29) is 5.69 Å². The number of fused-ring (bicyclic) bond motifs is 2. The van der Waals surface area contributed by atoms with Crippen LogP contribution >= 0.6 is 0 Å². The Balaban J connectivity index is 1.13. The van der Waals surface area contributed by atoms with E-state index in [1.54, 1.807) is 13.3 Å². The van der Waals surface area contributed by atoms with Gasteiger partial charge in [0.2, 0.25) is 0 Å². The zero-order valence-corrected chi connectivity index (χ0v) is 19.5. The van der Waals surface area contributed by atoms with Gasteiger partial charge >= 0.3 is 5.69 Å². The van der Waals surface area contributed by atoms with E-state index in [0.29, 0.717) is 13.1 Å². The molecule has 1 aliphatic heterocycles. The van der Waals surface area contributed by atoms with Crippen LogP contribution in [0.2, 0.25) is 0 Å². The van der Waals surface area contributed by atoms with Gasteiger partial charge in [-0.3, -0.25) is 14.5 Å². The number of hydrogen-bond acceptors (Lipinski definition) is 6. The number of hydrogen-bond donors (Lipinski definition) is 2. The lowest BCUT2D eigenvalue weighted by molar-refractivity contribution is 0.0724. The van der Waals surface area contributed by atoms with E-state index in [1.807, 2.05) is 53.1 Å². The number of aliphatic hydroxyl groups is 1. The third-order valence-electron chi connectivity index (χ3n) is 6.78. The van der Waals surface area contributed by atoms with Crippen LogP contribution in [-0.2, 0) is 6.54 Å². The lowest BCUT2D eigenvalue weighted by Crippen LogP contribution is -2.47. The minimum atomic E-state index is -0.585. The number of pyridine rings is 1. The summed E-state index contributed by atoms with van der Waals surface area (Å²) in [6.07, 6.45) is 2.09. The van der Waals surface area contributed by atoms with Gasteiger partial charge in [0.05, 0.1) is 29.8 Å². The highest BCUT2D eigenvalue weighted by Gasteiger charge is 2.21. The van der Waals surface area contributed by atoms with Gasteiger partial charge in [-0.1, -0.05) is 12.1 Å². The molecule has 4 aromatic rings. The minimum Gasteiger partial charge on any atom is -0.497 e. The first kappa shape index (κ1) is 22.6. The molecule has 0 unspecified atom stereocenters. The molecular formula is C26H31N5O3. The van der Waals surface area contributed by atoms with E-state index in [4.69, 9.17) is 4.74 Å². The first-order chi connectivity index (χ1) is 16.6. The highest BCUT2D eigenvalue weighted by atomic mass is 16.5. The van der Waals surface area contributed by atoms with Crippen LogP contribution in [0.3, 0.4) is 0 Å². The number of aryl methyl sites for hydroxylation is 1. The Morgan fingerprint density at radius 2 is 1.85 bits per heavy atom. The van der Waals surface area contributed by atoms with E-state index in [2.05, 4.69) is 19.8 Å². The normalized spacial score (nSPS) is 16.3. The SMILES string of the molecule is COc1ccc2nccc([C@@H](O)CN3CCN(CCCn4c(=O)[nH]c5ccccc54)CC3)c2c1. The largest absolute Gasteiger partial charge is 0.497 e. The van der Waals surface area contributed by atoms with Crippen LogP contribution in [0.15, 0.2) is 59.5 Å². The van der Waals surface area contributed by atoms with Crippen molar-refractivity contribution in [1.29, 1.82) is 0 Å². The Morgan fingerprint density at radius 1 is 1.06 bits per heavy atom. The summed E-state index contributed by atoms with van der Waals surface area (Å²) in [6.45, 7) is 6.00. The number of methoxy groups -OCH3 is 1. The van der Waals surface area contributed by atoms with Crippen LogP contribution in [0.1, 0.15) is 18.1 Å². The van der Waals surface area contributed by atoms with Crippen LogP contribution in [-0.4, -0.2) is 75.8 Å². The summed E-state index contributed by atoms with van der Waals surface area (Å²) < 4.78 is 7.19. The van der Waals surface area contributed by atoms with Crippen molar-refractivity contribution in [2.45, 2.75) is 19.1 Å². The van der Waals surface area contributed by atoms with E-state index in [9.17, 15) is 9.90 Å². The van der Waals surface area contributed by atoms with E-state index < -0.39 is 6.10 Å². The van der Waals surface area contributed by atoms with Crippen LogP contribution < -0.4 is 10.4 Å². The average molecular weight is 462 g/mol. The van der Waals surface area contributed by atoms with Crippen molar-refractivity contribution in [3.05, 3.63) is 70.8 Å². The number of para-hydroxylation sites is 2. The van der Waals surface area contributed by atoms with Gasteiger partial charge in [-0.25, -0.2) is 4.79 Å². The average Bonchev–Trinajstić information content (AvgIpc) is 3.19. The number of β-amino-alcohol motifs (C(OH)–C–C–N with tert-alkyl or cyclic N) is 1. The molecular weight excluding hydrogens is 430 g/mol. The molecule has 178 valence electrons. The number of aromatic nitrogens is 3.